The van der Waals surface area contributed by atoms with E-state index in [-0.39, 0.29) is 60.3 Å². The number of hydrogen-bond acceptors (Lipinski definition) is 7. The van der Waals surface area contributed by atoms with E-state index < -0.39 is 23.8 Å². The first-order chi connectivity index (χ1) is 22.1. The Bertz CT molecular complexity index is 1500. The molecule has 2 fully saturated rings. The van der Waals surface area contributed by atoms with Gasteiger partial charge in [0.1, 0.15) is 11.9 Å². The van der Waals surface area contributed by atoms with Crippen LogP contribution in [0.25, 0.3) is 0 Å². The highest BCUT2D eigenvalue weighted by Crippen LogP contribution is 2.43. The van der Waals surface area contributed by atoms with Crippen LogP contribution in [0.1, 0.15) is 82.0 Å². The smallest absolute Gasteiger partial charge is 0.264 e. The van der Waals surface area contributed by atoms with E-state index in [1.165, 1.54) is 22.3 Å². The van der Waals surface area contributed by atoms with Gasteiger partial charge in [0.15, 0.2) is 0 Å². The molecular formula is C34H45ClFN5O5S. The minimum Gasteiger partial charge on any atom is -0.370 e. The SMILES string of the molecule is CC(C)[C@@H]1CN(C(=O)c2cc3c(s2)CCOC32CCNCC2)CC(=O)NCCCc2ccc(F)c(c2)C(=O)N2CCC[C@H]2C(=O)N1.Cl. The molecule has 10 nitrogen and oxygen atoms in total. The van der Waals surface area contributed by atoms with E-state index in [4.69, 9.17) is 4.74 Å². The molecule has 1 aromatic heterocycles. The zero-order chi connectivity index (χ0) is 32.4. The van der Waals surface area contributed by atoms with Gasteiger partial charge in [-0.25, -0.2) is 4.39 Å². The topological polar surface area (TPSA) is 120 Å². The summed E-state index contributed by atoms with van der Waals surface area (Å²) in [6, 6.07) is 5.23. The molecule has 0 aliphatic carbocycles. The van der Waals surface area contributed by atoms with Crippen LogP contribution in [0.5, 0.6) is 0 Å². The third kappa shape index (κ3) is 7.50. The van der Waals surface area contributed by atoms with Gasteiger partial charge in [0, 0.05) is 37.0 Å². The van der Waals surface area contributed by atoms with Crippen LogP contribution in [0.15, 0.2) is 24.3 Å². The second-order valence-corrected chi connectivity index (χ2v) is 14.4. The molecule has 2 aromatic rings. The first-order valence-corrected chi connectivity index (χ1v) is 17.4. The maximum absolute atomic E-state index is 14.9. The van der Waals surface area contributed by atoms with E-state index >= 15 is 0 Å². The van der Waals surface area contributed by atoms with Crippen LogP contribution >= 0.6 is 23.7 Å². The van der Waals surface area contributed by atoms with Crippen molar-refractivity contribution < 1.29 is 28.3 Å². The lowest BCUT2D eigenvalue weighted by Crippen LogP contribution is -2.54. The summed E-state index contributed by atoms with van der Waals surface area (Å²) in [7, 11) is 0. The summed E-state index contributed by atoms with van der Waals surface area (Å²) in [5.74, 6) is -2.06. The standard InChI is InChI=1S/C34H44FN5O5S.ClH/c1-21(2)26-19-39(33(44)29-18-24-28(46-29)9-16-45-34(24)10-13-36-14-11-34)20-30(41)37-12-3-5-22-7-8-25(35)23(17-22)32(43)40-15-4-6-27(40)31(42)38-26;/h7-8,17-18,21,26-27,36H,3-6,9-16,19-20H2,1-2H3,(H,37,41)(H,38,42);1H/t26-,27-;/m0./s1. The Morgan fingerprint density at radius 1 is 1.09 bits per heavy atom. The van der Waals surface area contributed by atoms with Gasteiger partial charge in [-0.2, -0.15) is 0 Å². The summed E-state index contributed by atoms with van der Waals surface area (Å²) < 4.78 is 21.2. The van der Waals surface area contributed by atoms with E-state index in [1.807, 2.05) is 19.9 Å². The van der Waals surface area contributed by atoms with Crippen molar-refractivity contribution in [1.82, 2.24) is 25.8 Å². The van der Waals surface area contributed by atoms with Gasteiger partial charge >= 0.3 is 0 Å². The van der Waals surface area contributed by atoms with Gasteiger partial charge < -0.3 is 30.5 Å². The van der Waals surface area contributed by atoms with Crippen LogP contribution in [0, 0.1) is 11.7 Å². The molecule has 13 heteroatoms. The fourth-order valence-corrected chi connectivity index (χ4v) is 8.36. The minimum absolute atomic E-state index is 0. The molecule has 0 saturated carbocycles. The minimum atomic E-state index is -0.745. The van der Waals surface area contributed by atoms with Gasteiger partial charge in [-0.3, -0.25) is 19.2 Å². The molecular weight excluding hydrogens is 645 g/mol. The van der Waals surface area contributed by atoms with Crippen molar-refractivity contribution in [2.24, 2.45) is 5.92 Å². The zero-order valence-corrected chi connectivity index (χ0v) is 28.7. The number of rotatable bonds is 2. The Morgan fingerprint density at radius 2 is 1.87 bits per heavy atom. The highest BCUT2D eigenvalue weighted by molar-refractivity contribution is 7.14. The predicted octanol–water partition coefficient (Wildman–Crippen LogP) is 3.41. The first kappa shape index (κ1) is 35.3. The molecule has 5 heterocycles. The number of aryl methyl sites for hydroxylation is 1. The van der Waals surface area contributed by atoms with Crippen molar-refractivity contribution in [3.63, 3.8) is 0 Å². The maximum Gasteiger partial charge on any atom is 0.264 e. The van der Waals surface area contributed by atoms with Crippen LogP contribution in [0.2, 0.25) is 0 Å². The van der Waals surface area contributed by atoms with Crippen molar-refractivity contribution in [3.05, 3.63) is 56.5 Å². The van der Waals surface area contributed by atoms with Crippen LogP contribution < -0.4 is 16.0 Å². The number of nitrogens with one attached hydrogen (secondary N) is 3. The number of piperidine rings is 1. The van der Waals surface area contributed by atoms with Crippen LogP contribution in [-0.2, 0) is 32.8 Å². The third-order valence-corrected chi connectivity index (χ3v) is 11.0. The number of carbonyl (C=O) groups is 4. The van der Waals surface area contributed by atoms with Crippen molar-refractivity contribution in [2.75, 3.05) is 45.9 Å². The number of benzene rings is 1. The molecule has 2 atom stereocenters. The van der Waals surface area contributed by atoms with Gasteiger partial charge in [-0.05, 0) is 86.9 Å². The lowest BCUT2D eigenvalue weighted by atomic mass is 9.83. The fraction of sp³-hybridized carbons (Fsp3) is 0.588. The number of ether oxygens (including phenoxy) is 1. The molecule has 6 rings (SSSR count). The molecule has 1 spiro atoms. The van der Waals surface area contributed by atoms with Gasteiger partial charge in [0.25, 0.3) is 11.8 Å². The summed E-state index contributed by atoms with van der Waals surface area (Å²) in [4.78, 5) is 59.5. The van der Waals surface area contributed by atoms with Crippen molar-refractivity contribution in [1.29, 1.82) is 0 Å². The van der Waals surface area contributed by atoms with Crippen molar-refractivity contribution in [2.45, 2.75) is 76.5 Å². The number of halogens is 2. The van der Waals surface area contributed by atoms with Crippen LogP contribution in [0.3, 0.4) is 0 Å². The summed E-state index contributed by atoms with van der Waals surface area (Å²) in [6.45, 7) is 6.93. The van der Waals surface area contributed by atoms with Crippen molar-refractivity contribution >= 4 is 47.4 Å². The average molecular weight is 690 g/mol. The van der Waals surface area contributed by atoms with Gasteiger partial charge in [-0.15, -0.1) is 23.7 Å². The molecule has 256 valence electrons. The Labute approximate surface area is 285 Å². The van der Waals surface area contributed by atoms with Gasteiger partial charge in [-0.1, -0.05) is 19.9 Å². The second-order valence-electron chi connectivity index (χ2n) is 13.3. The van der Waals surface area contributed by atoms with E-state index in [2.05, 4.69) is 16.0 Å². The molecule has 2 bridgehead atoms. The summed E-state index contributed by atoms with van der Waals surface area (Å²) in [5.41, 5.74) is 1.43. The lowest BCUT2D eigenvalue weighted by molar-refractivity contribution is -0.126. The molecule has 47 heavy (non-hydrogen) atoms. The molecule has 3 N–H and O–H groups in total. The average Bonchev–Trinajstić information content (AvgIpc) is 3.71. The largest absolute Gasteiger partial charge is 0.370 e. The molecule has 4 aliphatic rings. The quantitative estimate of drug-likeness (QED) is 0.445. The Morgan fingerprint density at radius 3 is 2.64 bits per heavy atom. The Hall–Kier alpha value is -3.06. The zero-order valence-electron chi connectivity index (χ0n) is 27.1. The number of thiophene rings is 1. The maximum atomic E-state index is 14.9. The normalized spacial score (nSPS) is 23.8. The first-order valence-electron chi connectivity index (χ1n) is 16.6. The number of fused-ring (bicyclic) bond motifs is 5. The summed E-state index contributed by atoms with van der Waals surface area (Å²) in [6.07, 6.45) is 4.64. The Balaban J connectivity index is 0.00000433. The van der Waals surface area contributed by atoms with E-state index in [1.54, 1.807) is 17.0 Å². The van der Waals surface area contributed by atoms with Crippen LogP contribution in [0.4, 0.5) is 4.39 Å². The second kappa shape index (κ2) is 15.0. The summed E-state index contributed by atoms with van der Waals surface area (Å²) in [5, 5.41) is 9.42. The molecule has 0 radical (unpaired) electrons. The van der Waals surface area contributed by atoms with E-state index in [0.29, 0.717) is 50.3 Å². The molecule has 0 unspecified atom stereocenters. The molecule has 2 saturated heterocycles. The number of carbonyl (C=O) groups excluding carboxylic acids is 4. The highest BCUT2D eigenvalue weighted by Gasteiger charge is 2.42. The molecule has 4 aliphatic heterocycles. The number of amides is 4. The van der Waals surface area contributed by atoms with Gasteiger partial charge in [0.05, 0.1) is 29.2 Å². The molecule has 4 amide bonds. The predicted molar refractivity (Wildman–Crippen MR) is 179 cm³/mol. The van der Waals surface area contributed by atoms with Crippen molar-refractivity contribution in [3.8, 4) is 0 Å². The van der Waals surface area contributed by atoms with E-state index in [9.17, 15) is 23.6 Å². The monoisotopic (exact) mass is 689 g/mol. The number of hydrogen-bond donors (Lipinski definition) is 3. The van der Waals surface area contributed by atoms with E-state index in [0.717, 1.165) is 48.4 Å². The fourth-order valence-electron chi connectivity index (χ4n) is 7.16. The number of nitrogens with zero attached hydrogens (tertiary/aromatic N) is 2. The summed E-state index contributed by atoms with van der Waals surface area (Å²) >= 11 is 1.48. The Kier molecular flexibility index (Phi) is 11.3. The lowest BCUT2D eigenvalue weighted by Gasteiger charge is -2.40. The van der Waals surface area contributed by atoms with Crippen LogP contribution in [-0.4, -0.2) is 91.4 Å². The molecule has 1 aromatic carbocycles. The third-order valence-electron chi connectivity index (χ3n) is 9.84. The highest BCUT2D eigenvalue weighted by atomic mass is 35.5. The van der Waals surface area contributed by atoms with Gasteiger partial charge in [0.2, 0.25) is 11.8 Å².